The number of oxazole rings is 1. The maximum absolute atomic E-state index is 5.83. The van der Waals surface area contributed by atoms with E-state index in [-0.39, 0.29) is 0 Å². The van der Waals surface area contributed by atoms with Gasteiger partial charge in [-0.3, -0.25) is 0 Å². The molecule has 0 unspecified atom stereocenters. The van der Waals surface area contributed by atoms with Crippen LogP contribution in [0.15, 0.2) is 34.9 Å². The van der Waals surface area contributed by atoms with Crippen molar-refractivity contribution in [3.05, 3.63) is 41.2 Å². The third-order valence-corrected chi connectivity index (χ3v) is 3.04. The standard InChI is InChI=1S/C13H13ClN2O/c14-10-3-1-9(2-4-10)13-16-12(8-17-13)7-15-11-5-6-11/h1-4,8,11,15H,5-7H2. The van der Waals surface area contributed by atoms with Gasteiger partial charge >= 0.3 is 0 Å². The van der Waals surface area contributed by atoms with E-state index in [2.05, 4.69) is 10.3 Å². The molecular formula is C13H13ClN2O. The molecule has 1 fully saturated rings. The van der Waals surface area contributed by atoms with Crippen LogP contribution in [0.2, 0.25) is 5.02 Å². The van der Waals surface area contributed by atoms with Crippen molar-refractivity contribution in [1.29, 1.82) is 0 Å². The molecule has 17 heavy (non-hydrogen) atoms. The highest BCUT2D eigenvalue weighted by Gasteiger charge is 2.20. The van der Waals surface area contributed by atoms with E-state index in [0.29, 0.717) is 11.9 Å². The Morgan fingerprint density at radius 3 is 2.76 bits per heavy atom. The fraction of sp³-hybridized carbons (Fsp3) is 0.308. The van der Waals surface area contributed by atoms with Crippen LogP contribution >= 0.6 is 11.6 Å². The maximum atomic E-state index is 5.83. The minimum absolute atomic E-state index is 0.647. The molecule has 0 spiro atoms. The SMILES string of the molecule is Clc1ccc(-c2nc(CNC3CC3)co2)cc1. The van der Waals surface area contributed by atoms with Gasteiger partial charge in [0.2, 0.25) is 5.89 Å². The van der Waals surface area contributed by atoms with Gasteiger partial charge in [-0.25, -0.2) is 4.98 Å². The van der Waals surface area contributed by atoms with E-state index in [9.17, 15) is 0 Å². The predicted molar refractivity (Wildman–Crippen MR) is 66.8 cm³/mol. The van der Waals surface area contributed by atoms with Crippen LogP contribution in [0, 0.1) is 0 Å². The van der Waals surface area contributed by atoms with Gasteiger partial charge in [0.1, 0.15) is 6.26 Å². The Balaban J connectivity index is 1.72. The van der Waals surface area contributed by atoms with Gasteiger partial charge in [-0.15, -0.1) is 0 Å². The van der Waals surface area contributed by atoms with Crippen LogP contribution in [-0.2, 0) is 6.54 Å². The van der Waals surface area contributed by atoms with Crippen molar-refractivity contribution >= 4 is 11.6 Å². The average Bonchev–Trinajstić information content (AvgIpc) is 3.06. The van der Waals surface area contributed by atoms with Crippen molar-refractivity contribution in [2.24, 2.45) is 0 Å². The lowest BCUT2D eigenvalue weighted by molar-refractivity contribution is 0.570. The second-order valence-corrected chi connectivity index (χ2v) is 4.74. The summed E-state index contributed by atoms with van der Waals surface area (Å²) in [7, 11) is 0. The third-order valence-electron chi connectivity index (χ3n) is 2.79. The lowest BCUT2D eigenvalue weighted by Gasteiger charge is -1.97. The molecular weight excluding hydrogens is 236 g/mol. The Morgan fingerprint density at radius 1 is 1.29 bits per heavy atom. The number of rotatable bonds is 4. The molecule has 1 aromatic heterocycles. The molecule has 88 valence electrons. The summed E-state index contributed by atoms with van der Waals surface area (Å²) in [5.41, 5.74) is 1.90. The summed E-state index contributed by atoms with van der Waals surface area (Å²) < 4.78 is 5.45. The first kappa shape index (κ1) is 10.8. The molecule has 1 aliphatic rings. The summed E-state index contributed by atoms with van der Waals surface area (Å²) in [5, 5.41) is 4.12. The fourth-order valence-corrected chi connectivity index (χ4v) is 1.78. The van der Waals surface area contributed by atoms with E-state index in [1.165, 1.54) is 12.8 Å². The minimum atomic E-state index is 0.647. The molecule has 0 bridgehead atoms. The van der Waals surface area contributed by atoms with Crippen LogP contribution in [-0.4, -0.2) is 11.0 Å². The quantitative estimate of drug-likeness (QED) is 0.903. The molecule has 0 atom stereocenters. The topological polar surface area (TPSA) is 38.1 Å². The molecule has 0 aliphatic heterocycles. The normalized spacial score (nSPS) is 15.1. The molecule has 0 amide bonds. The summed E-state index contributed by atoms with van der Waals surface area (Å²) in [4.78, 5) is 4.44. The number of benzene rings is 1. The molecule has 1 aliphatic carbocycles. The van der Waals surface area contributed by atoms with Gasteiger partial charge < -0.3 is 9.73 Å². The summed E-state index contributed by atoms with van der Waals surface area (Å²) in [6.45, 7) is 0.780. The highest BCUT2D eigenvalue weighted by atomic mass is 35.5. The van der Waals surface area contributed by atoms with Crippen molar-refractivity contribution in [3.8, 4) is 11.5 Å². The molecule has 1 N–H and O–H groups in total. The van der Waals surface area contributed by atoms with E-state index >= 15 is 0 Å². The van der Waals surface area contributed by atoms with E-state index in [4.69, 9.17) is 16.0 Å². The molecule has 4 heteroatoms. The van der Waals surface area contributed by atoms with Crippen molar-refractivity contribution in [2.45, 2.75) is 25.4 Å². The number of hydrogen-bond acceptors (Lipinski definition) is 3. The second kappa shape index (κ2) is 4.51. The number of nitrogens with zero attached hydrogens (tertiary/aromatic N) is 1. The van der Waals surface area contributed by atoms with Crippen LogP contribution in [0.4, 0.5) is 0 Å². The van der Waals surface area contributed by atoms with Gasteiger partial charge in [0.05, 0.1) is 5.69 Å². The van der Waals surface area contributed by atoms with E-state index in [0.717, 1.165) is 22.8 Å². The van der Waals surface area contributed by atoms with Crippen molar-refractivity contribution in [2.75, 3.05) is 0 Å². The highest BCUT2D eigenvalue weighted by Crippen LogP contribution is 2.22. The summed E-state index contributed by atoms with van der Waals surface area (Å²) in [6, 6.07) is 8.18. The maximum Gasteiger partial charge on any atom is 0.226 e. The van der Waals surface area contributed by atoms with Crippen LogP contribution in [0.5, 0.6) is 0 Å². The molecule has 0 saturated heterocycles. The smallest absolute Gasteiger partial charge is 0.226 e. The largest absolute Gasteiger partial charge is 0.444 e. The zero-order valence-corrected chi connectivity index (χ0v) is 10.1. The van der Waals surface area contributed by atoms with Crippen LogP contribution < -0.4 is 5.32 Å². The van der Waals surface area contributed by atoms with E-state index in [1.54, 1.807) is 6.26 Å². The number of aromatic nitrogens is 1. The molecule has 1 saturated carbocycles. The van der Waals surface area contributed by atoms with Crippen molar-refractivity contribution < 1.29 is 4.42 Å². The summed E-state index contributed by atoms with van der Waals surface area (Å²) >= 11 is 5.83. The van der Waals surface area contributed by atoms with Crippen molar-refractivity contribution in [3.63, 3.8) is 0 Å². The molecule has 3 nitrogen and oxygen atoms in total. The third kappa shape index (κ3) is 2.68. The first-order chi connectivity index (χ1) is 8.31. The van der Waals surface area contributed by atoms with E-state index in [1.807, 2.05) is 24.3 Å². The van der Waals surface area contributed by atoms with Gasteiger partial charge in [-0.1, -0.05) is 11.6 Å². The Morgan fingerprint density at radius 2 is 2.06 bits per heavy atom. The summed E-state index contributed by atoms with van der Waals surface area (Å²) in [6.07, 6.45) is 4.27. The number of nitrogens with one attached hydrogen (secondary N) is 1. The lowest BCUT2D eigenvalue weighted by Crippen LogP contribution is -2.15. The fourth-order valence-electron chi connectivity index (χ4n) is 1.65. The van der Waals surface area contributed by atoms with Crippen LogP contribution in [0.25, 0.3) is 11.5 Å². The highest BCUT2D eigenvalue weighted by molar-refractivity contribution is 6.30. The molecule has 1 aromatic carbocycles. The zero-order valence-electron chi connectivity index (χ0n) is 9.32. The zero-order chi connectivity index (χ0) is 11.7. The summed E-state index contributed by atoms with van der Waals surface area (Å²) in [5.74, 6) is 0.647. The van der Waals surface area contributed by atoms with Crippen molar-refractivity contribution in [1.82, 2.24) is 10.3 Å². The first-order valence-electron chi connectivity index (χ1n) is 5.75. The predicted octanol–water partition coefficient (Wildman–Crippen LogP) is 3.25. The Hall–Kier alpha value is -1.32. The Kier molecular flexibility index (Phi) is 2.87. The minimum Gasteiger partial charge on any atom is -0.444 e. The lowest BCUT2D eigenvalue weighted by atomic mass is 10.2. The second-order valence-electron chi connectivity index (χ2n) is 4.31. The first-order valence-corrected chi connectivity index (χ1v) is 6.13. The van der Waals surface area contributed by atoms with Gasteiger partial charge in [0.15, 0.2) is 0 Å². The molecule has 3 rings (SSSR count). The number of halogens is 1. The van der Waals surface area contributed by atoms with Gasteiger partial charge in [-0.05, 0) is 37.1 Å². The number of hydrogen-bond donors (Lipinski definition) is 1. The Labute approximate surface area is 105 Å². The van der Waals surface area contributed by atoms with Crippen LogP contribution in [0.3, 0.4) is 0 Å². The van der Waals surface area contributed by atoms with E-state index < -0.39 is 0 Å². The molecule has 2 aromatic rings. The molecule has 1 heterocycles. The van der Waals surface area contributed by atoms with Gasteiger partial charge in [-0.2, -0.15) is 0 Å². The van der Waals surface area contributed by atoms with Gasteiger partial charge in [0, 0.05) is 23.2 Å². The monoisotopic (exact) mass is 248 g/mol. The van der Waals surface area contributed by atoms with Crippen LogP contribution in [0.1, 0.15) is 18.5 Å². The Bertz CT molecular complexity index is 502. The average molecular weight is 249 g/mol. The molecule has 0 radical (unpaired) electrons. The van der Waals surface area contributed by atoms with Gasteiger partial charge in [0.25, 0.3) is 0 Å².